The van der Waals surface area contributed by atoms with Gasteiger partial charge in [0, 0.05) is 23.7 Å². The third-order valence-electron chi connectivity index (χ3n) is 2.94. The summed E-state index contributed by atoms with van der Waals surface area (Å²) in [6, 6.07) is 8.86. The number of benzene rings is 1. The molecule has 0 spiro atoms. The molecule has 0 aliphatic heterocycles. The lowest BCUT2D eigenvalue weighted by molar-refractivity contribution is 0.0697. The Labute approximate surface area is 109 Å². The summed E-state index contributed by atoms with van der Waals surface area (Å²) in [7, 11) is 0. The van der Waals surface area contributed by atoms with Gasteiger partial charge >= 0.3 is 5.97 Å². The highest BCUT2D eigenvalue weighted by atomic mass is 16.4. The maximum Gasteiger partial charge on any atom is 0.335 e. The molecule has 5 heteroatoms. The van der Waals surface area contributed by atoms with Crippen LogP contribution in [0.5, 0.6) is 0 Å². The first-order valence-corrected chi connectivity index (χ1v) is 5.82. The van der Waals surface area contributed by atoms with E-state index in [2.05, 4.69) is 15.0 Å². The largest absolute Gasteiger partial charge is 0.478 e. The first-order valence-electron chi connectivity index (χ1n) is 5.82. The number of carbonyl (C=O) groups is 1. The number of carboxylic acid groups (broad SMARTS) is 1. The minimum Gasteiger partial charge on any atom is -0.478 e. The topological polar surface area (TPSA) is 78.9 Å². The molecule has 0 unspecified atom stereocenters. The highest BCUT2D eigenvalue weighted by Crippen LogP contribution is 2.15. The van der Waals surface area contributed by atoms with Crippen LogP contribution in [0, 0.1) is 0 Å². The average Bonchev–Trinajstić information content (AvgIpc) is 2.81. The molecule has 5 nitrogen and oxygen atoms in total. The van der Waals surface area contributed by atoms with E-state index in [1.807, 2.05) is 18.2 Å². The lowest BCUT2D eigenvalue weighted by Gasteiger charge is -2.00. The van der Waals surface area contributed by atoms with Crippen molar-refractivity contribution in [2.75, 3.05) is 0 Å². The molecule has 0 radical (unpaired) electrons. The molecular formula is C14H11N3O2. The van der Waals surface area contributed by atoms with Crippen LogP contribution >= 0.6 is 0 Å². The molecule has 0 saturated heterocycles. The van der Waals surface area contributed by atoms with Crippen molar-refractivity contribution in [2.45, 2.75) is 6.42 Å². The summed E-state index contributed by atoms with van der Waals surface area (Å²) in [4.78, 5) is 22.1. The normalized spacial score (nSPS) is 10.7. The number of nitrogens with one attached hydrogen (secondary N) is 1. The number of fused-ring (bicyclic) bond motifs is 1. The fourth-order valence-electron chi connectivity index (χ4n) is 2.01. The second-order valence-corrected chi connectivity index (χ2v) is 4.30. The van der Waals surface area contributed by atoms with Gasteiger partial charge in [-0.15, -0.1) is 0 Å². The van der Waals surface area contributed by atoms with E-state index in [9.17, 15) is 4.79 Å². The van der Waals surface area contributed by atoms with Crippen LogP contribution < -0.4 is 0 Å². The van der Waals surface area contributed by atoms with Gasteiger partial charge in [0.15, 0.2) is 0 Å². The lowest BCUT2D eigenvalue weighted by Crippen LogP contribution is -1.96. The van der Waals surface area contributed by atoms with Crippen molar-refractivity contribution in [3.8, 4) is 0 Å². The molecule has 0 atom stereocenters. The highest BCUT2D eigenvalue weighted by molar-refractivity contribution is 5.87. The van der Waals surface area contributed by atoms with Gasteiger partial charge in [-0.2, -0.15) is 0 Å². The predicted molar refractivity (Wildman–Crippen MR) is 70.1 cm³/mol. The number of hydrogen-bond donors (Lipinski definition) is 2. The van der Waals surface area contributed by atoms with Crippen molar-refractivity contribution >= 4 is 17.0 Å². The third-order valence-corrected chi connectivity index (χ3v) is 2.94. The zero-order chi connectivity index (χ0) is 13.2. The molecule has 0 saturated carbocycles. The first-order chi connectivity index (χ1) is 9.22. The molecule has 2 aromatic heterocycles. The monoisotopic (exact) mass is 253 g/mol. The van der Waals surface area contributed by atoms with Crippen LogP contribution in [0.3, 0.4) is 0 Å². The Morgan fingerprint density at radius 1 is 1.26 bits per heavy atom. The van der Waals surface area contributed by atoms with Crippen molar-refractivity contribution in [1.29, 1.82) is 0 Å². The van der Waals surface area contributed by atoms with Crippen molar-refractivity contribution in [3.05, 3.63) is 59.7 Å². The summed E-state index contributed by atoms with van der Waals surface area (Å²) in [5.41, 5.74) is 3.18. The van der Waals surface area contributed by atoms with Crippen LogP contribution in [0.15, 0.2) is 42.9 Å². The van der Waals surface area contributed by atoms with Crippen LogP contribution in [-0.4, -0.2) is 26.0 Å². The summed E-state index contributed by atoms with van der Waals surface area (Å²) in [5, 5.41) is 9.81. The number of aromatic nitrogens is 3. The fraction of sp³-hybridized carbons (Fsp3) is 0.0714. The van der Waals surface area contributed by atoms with Gasteiger partial charge in [0.2, 0.25) is 0 Å². The fourth-order valence-corrected chi connectivity index (χ4v) is 2.01. The standard InChI is InChI=1S/C14H11N3O2/c18-14(19)10-3-1-9(2-4-10)5-12-6-11-7-15-8-16-13(11)17-12/h1-4,6-8H,5H2,(H,18,19)(H,15,16,17). The number of carboxylic acids is 1. The molecule has 2 heterocycles. The van der Waals surface area contributed by atoms with E-state index >= 15 is 0 Å². The number of H-pyrrole nitrogens is 1. The Morgan fingerprint density at radius 3 is 2.74 bits per heavy atom. The van der Waals surface area contributed by atoms with E-state index in [4.69, 9.17) is 5.11 Å². The number of aromatic amines is 1. The van der Waals surface area contributed by atoms with Gasteiger partial charge in [0.25, 0.3) is 0 Å². The molecule has 0 amide bonds. The molecule has 3 aromatic rings. The van der Waals surface area contributed by atoms with Crippen molar-refractivity contribution in [2.24, 2.45) is 0 Å². The van der Waals surface area contributed by atoms with E-state index in [1.54, 1.807) is 18.3 Å². The second-order valence-electron chi connectivity index (χ2n) is 4.30. The van der Waals surface area contributed by atoms with Crippen LogP contribution in [0.4, 0.5) is 0 Å². The molecule has 0 bridgehead atoms. The van der Waals surface area contributed by atoms with E-state index in [-0.39, 0.29) is 0 Å². The third kappa shape index (κ3) is 2.30. The van der Waals surface area contributed by atoms with E-state index < -0.39 is 5.97 Å². The molecule has 0 aliphatic rings. The van der Waals surface area contributed by atoms with Gasteiger partial charge in [-0.25, -0.2) is 14.8 Å². The molecule has 2 N–H and O–H groups in total. The summed E-state index contributed by atoms with van der Waals surface area (Å²) in [6.45, 7) is 0. The van der Waals surface area contributed by atoms with Gasteiger partial charge in [-0.05, 0) is 23.8 Å². The zero-order valence-corrected chi connectivity index (χ0v) is 10.00. The maximum atomic E-state index is 10.8. The van der Waals surface area contributed by atoms with Crippen molar-refractivity contribution < 1.29 is 9.90 Å². The van der Waals surface area contributed by atoms with Gasteiger partial charge < -0.3 is 10.1 Å². The number of aromatic carboxylic acids is 1. The average molecular weight is 253 g/mol. The molecule has 0 aliphatic carbocycles. The minimum atomic E-state index is -0.910. The SMILES string of the molecule is O=C(O)c1ccc(Cc2cc3cncnc3[nH]2)cc1. The smallest absolute Gasteiger partial charge is 0.335 e. The maximum absolute atomic E-state index is 10.8. The summed E-state index contributed by atoms with van der Waals surface area (Å²) < 4.78 is 0. The van der Waals surface area contributed by atoms with Gasteiger partial charge in [-0.1, -0.05) is 12.1 Å². The molecule has 0 fully saturated rings. The van der Waals surface area contributed by atoms with Crippen LogP contribution in [0.1, 0.15) is 21.6 Å². The Bertz CT molecular complexity index is 699. The number of nitrogens with zero attached hydrogens (tertiary/aromatic N) is 2. The highest BCUT2D eigenvalue weighted by Gasteiger charge is 2.05. The Morgan fingerprint density at radius 2 is 2.05 bits per heavy atom. The van der Waals surface area contributed by atoms with E-state index in [1.165, 1.54) is 6.33 Å². The minimum absolute atomic E-state index is 0.297. The first kappa shape index (κ1) is 11.4. The van der Waals surface area contributed by atoms with E-state index in [0.717, 1.165) is 22.3 Å². The number of rotatable bonds is 3. The van der Waals surface area contributed by atoms with Crippen molar-refractivity contribution in [1.82, 2.24) is 15.0 Å². The zero-order valence-electron chi connectivity index (χ0n) is 10.00. The molecule has 3 rings (SSSR count). The van der Waals surface area contributed by atoms with E-state index in [0.29, 0.717) is 12.0 Å². The van der Waals surface area contributed by atoms with Gasteiger partial charge in [0.05, 0.1) is 5.56 Å². The van der Waals surface area contributed by atoms with Crippen LogP contribution in [0.2, 0.25) is 0 Å². The predicted octanol–water partition coefficient (Wildman–Crippen LogP) is 2.25. The molecule has 19 heavy (non-hydrogen) atoms. The summed E-state index contributed by atoms with van der Waals surface area (Å²) in [6.07, 6.45) is 3.97. The molecule has 1 aromatic carbocycles. The Hall–Kier alpha value is -2.69. The van der Waals surface area contributed by atoms with Gasteiger partial charge in [0.1, 0.15) is 12.0 Å². The molecular weight excluding hydrogens is 242 g/mol. The summed E-state index contributed by atoms with van der Waals surface area (Å²) in [5.74, 6) is -0.910. The lowest BCUT2D eigenvalue weighted by atomic mass is 10.1. The number of hydrogen-bond acceptors (Lipinski definition) is 3. The van der Waals surface area contributed by atoms with Crippen molar-refractivity contribution in [3.63, 3.8) is 0 Å². The Balaban J connectivity index is 1.86. The van der Waals surface area contributed by atoms with Crippen LogP contribution in [0.25, 0.3) is 11.0 Å². The second kappa shape index (κ2) is 4.53. The van der Waals surface area contributed by atoms with Crippen LogP contribution in [-0.2, 0) is 6.42 Å². The summed E-state index contributed by atoms with van der Waals surface area (Å²) >= 11 is 0. The Kier molecular flexibility index (Phi) is 2.72. The molecule has 94 valence electrons. The van der Waals surface area contributed by atoms with Gasteiger partial charge in [-0.3, -0.25) is 0 Å². The quantitative estimate of drug-likeness (QED) is 0.750.